The zero-order chi connectivity index (χ0) is 13.2. The first-order valence-electron chi connectivity index (χ1n) is 4.34. The summed E-state index contributed by atoms with van der Waals surface area (Å²) < 4.78 is 27.4. The van der Waals surface area contributed by atoms with Crippen LogP contribution in [0.1, 0.15) is 6.92 Å². The average Bonchev–Trinajstić information content (AvgIpc) is 2.22. The summed E-state index contributed by atoms with van der Waals surface area (Å²) in [5, 5.41) is 13.2. The van der Waals surface area contributed by atoms with Crippen LogP contribution in [-0.4, -0.2) is 14.5 Å². The topological polar surface area (TPSA) is 93.2 Å². The zero-order valence-electron chi connectivity index (χ0n) is 8.65. The van der Waals surface area contributed by atoms with Gasteiger partial charge in [-0.3, -0.25) is 0 Å². The van der Waals surface area contributed by atoms with Crippen LogP contribution in [0, 0.1) is 11.3 Å². The second-order valence-corrected chi connectivity index (χ2v) is 5.41. The molecule has 92 valence electrons. The number of hydrogen-bond donors (Lipinski definition) is 1. The van der Waals surface area contributed by atoms with Crippen LogP contribution in [0.4, 0.5) is 0 Å². The molecule has 5 nitrogen and oxygen atoms in total. The van der Waals surface area contributed by atoms with E-state index in [1.807, 2.05) is 6.07 Å². The molecule has 0 aliphatic carbocycles. The van der Waals surface area contributed by atoms with Crippen molar-refractivity contribution in [3.63, 3.8) is 0 Å². The molecule has 1 rings (SSSR count). The van der Waals surface area contributed by atoms with Crippen LogP contribution in [0.2, 0.25) is 10.0 Å². The molecule has 0 aliphatic rings. The van der Waals surface area contributed by atoms with Crippen LogP contribution in [0.25, 0.3) is 0 Å². The first-order valence-corrected chi connectivity index (χ1v) is 6.64. The lowest BCUT2D eigenvalue weighted by molar-refractivity contribution is 0.276. The van der Waals surface area contributed by atoms with Gasteiger partial charge in [-0.15, -0.1) is 0 Å². The molecular weight excluding hydrogens is 287 g/mol. The lowest BCUT2D eigenvalue weighted by Crippen LogP contribution is -2.14. The van der Waals surface area contributed by atoms with E-state index in [2.05, 4.69) is 0 Å². The van der Waals surface area contributed by atoms with Crippen LogP contribution in [0.15, 0.2) is 17.0 Å². The summed E-state index contributed by atoms with van der Waals surface area (Å²) >= 11 is 11.6. The summed E-state index contributed by atoms with van der Waals surface area (Å²) in [4.78, 5) is -0.291. The second kappa shape index (κ2) is 5.10. The molecule has 0 heterocycles. The van der Waals surface area contributed by atoms with E-state index >= 15 is 0 Å². The van der Waals surface area contributed by atoms with Crippen molar-refractivity contribution in [2.75, 3.05) is 0 Å². The molecular formula is C9H8Cl2N2O3S. The Morgan fingerprint density at radius 1 is 1.41 bits per heavy atom. The van der Waals surface area contributed by atoms with Crippen LogP contribution in [-0.2, 0) is 10.0 Å². The van der Waals surface area contributed by atoms with Crippen LogP contribution < -0.4 is 9.88 Å². The van der Waals surface area contributed by atoms with Gasteiger partial charge in [0.2, 0.25) is 10.0 Å². The number of rotatable bonds is 3. The Morgan fingerprint density at radius 2 is 2.00 bits per heavy atom. The summed E-state index contributed by atoms with van der Waals surface area (Å²) in [6.45, 7) is 1.51. The Bertz CT molecular complexity index is 581. The molecule has 0 fully saturated rings. The summed E-state index contributed by atoms with van der Waals surface area (Å²) in [5.74, 6) is 0.123. The van der Waals surface area contributed by atoms with E-state index in [1.165, 1.54) is 19.1 Å². The van der Waals surface area contributed by atoms with Crippen molar-refractivity contribution >= 4 is 33.2 Å². The summed E-state index contributed by atoms with van der Waals surface area (Å²) in [6.07, 6.45) is -0.732. The van der Waals surface area contributed by atoms with Gasteiger partial charge in [-0.05, 0) is 19.1 Å². The first-order chi connectivity index (χ1) is 7.77. The van der Waals surface area contributed by atoms with Crippen molar-refractivity contribution < 1.29 is 13.2 Å². The van der Waals surface area contributed by atoms with Crippen LogP contribution in [0.5, 0.6) is 5.75 Å². The first kappa shape index (κ1) is 14.1. The van der Waals surface area contributed by atoms with Crippen molar-refractivity contribution in [3.8, 4) is 11.8 Å². The zero-order valence-corrected chi connectivity index (χ0v) is 11.0. The summed E-state index contributed by atoms with van der Waals surface area (Å²) in [7, 11) is -3.94. The maximum Gasteiger partial charge on any atom is 0.239 e. The molecule has 1 unspecified atom stereocenters. The van der Waals surface area contributed by atoms with Gasteiger partial charge in [0.15, 0.2) is 6.10 Å². The summed E-state index contributed by atoms with van der Waals surface area (Å²) in [6, 6.07) is 4.30. The minimum Gasteiger partial charge on any atom is -0.474 e. The highest BCUT2D eigenvalue weighted by molar-refractivity contribution is 7.89. The third-order valence-electron chi connectivity index (χ3n) is 1.80. The normalized spacial score (nSPS) is 12.9. The van der Waals surface area contributed by atoms with Crippen molar-refractivity contribution in [3.05, 3.63) is 22.2 Å². The number of primary sulfonamides is 1. The van der Waals surface area contributed by atoms with Gasteiger partial charge in [-0.25, -0.2) is 13.6 Å². The number of nitrogens with two attached hydrogens (primary N) is 1. The lowest BCUT2D eigenvalue weighted by atomic mass is 10.3. The number of sulfonamides is 1. The van der Waals surface area contributed by atoms with Gasteiger partial charge in [0.1, 0.15) is 21.7 Å². The maximum absolute atomic E-state index is 11.1. The van der Waals surface area contributed by atoms with E-state index in [1.54, 1.807) is 0 Å². The molecule has 0 spiro atoms. The molecule has 0 saturated heterocycles. The lowest BCUT2D eigenvalue weighted by Gasteiger charge is -2.11. The minimum absolute atomic E-state index is 0.0970. The third kappa shape index (κ3) is 3.23. The Morgan fingerprint density at radius 3 is 2.47 bits per heavy atom. The van der Waals surface area contributed by atoms with E-state index in [-0.39, 0.29) is 20.7 Å². The standard InChI is InChI=1S/C9H8Cl2N2O3S/c1-5(4-12)16-6-2-3-7(17(13,14)15)9(11)8(6)10/h2-3,5H,1H3,(H2,13,14,15). The number of nitriles is 1. The van der Waals surface area contributed by atoms with Crippen LogP contribution >= 0.6 is 23.2 Å². The molecule has 1 aromatic carbocycles. The Balaban J connectivity index is 3.26. The fourth-order valence-electron chi connectivity index (χ4n) is 1.04. The molecule has 17 heavy (non-hydrogen) atoms. The monoisotopic (exact) mass is 294 g/mol. The predicted molar refractivity (Wildman–Crippen MR) is 63.5 cm³/mol. The molecule has 0 aromatic heterocycles. The van der Waals surface area contributed by atoms with Crippen molar-refractivity contribution in [1.82, 2.24) is 0 Å². The highest BCUT2D eigenvalue weighted by Gasteiger charge is 2.19. The quantitative estimate of drug-likeness (QED) is 0.922. The summed E-state index contributed by atoms with van der Waals surface area (Å²) in [5.41, 5.74) is 0. The molecule has 1 atom stereocenters. The van der Waals surface area contributed by atoms with Gasteiger partial charge in [0, 0.05) is 0 Å². The van der Waals surface area contributed by atoms with Gasteiger partial charge in [-0.2, -0.15) is 5.26 Å². The van der Waals surface area contributed by atoms with E-state index in [4.69, 9.17) is 38.3 Å². The fourth-order valence-corrected chi connectivity index (χ4v) is 2.40. The van der Waals surface area contributed by atoms with Crippen LogP contribution in [0.3, 0.4) is 0 Å². The van der Waals surface area contributed by atoms with E-state index in [9.17, 15) is 8.42 Å². The van der Waals surface area contributed by atoms with Crippen molar-refractivity contribution in [2.45, 2.75) is 17.9 Å². The van der Waals surface area contributed by atoms with E-state index < -0.39 is 16.1 Å². The third-order valence-corrected chi connectivity index (χ3v) is 3.73. The highest BCUT2D eigenvalue weighted by Crippen LogP contribution is 2.36. The number of ether oxygens (including phenoxy) is 1. The molecule has 1 aromatic rings. The Hall–Kier alpha value is -1.00. The number of benzene rings is 1. The molecule has 0 radical (unpaired) electrons. The minimum atomic E-state index is -3.94. The largest absolute Gasteiger partial charge is 0.474 e. The molecule has 0 aliphatic heterocycles. The number of halogens is 2. The van der Waals surface area contributed by atoms with E-state index in [0.717, 1.165) is 0 Å². The Kier molecular flexibility index (Phi) is 4.22. The van der Waals surface area contributed by atoms with Gasteiger partial charge in [0.05, 0.1) is 5.02 Å². The fraction of sp³-hybridized carbons (Fsp3) is 0.222. The smallest absolute Gasteiger partial charge is 0.239 e. The number of hydrogen-bond acceptors (Lipinski definition) is 4. The highest BCUT2D eigenvalue weighted by atomic mass is 35.5. The van der Waals surface area contributed by atoms with Gasteiger partial charge in [-0.1, -0.05) is 23.2 Å². The Labute approximate surface area is 109 Å². The van der Waals surface area contributed by atoms with Gasteiger partial charge in [0.25, 0.3) is 0 Å². The molecule has 0 bridgehead atoms. The van der Waals surface area contributed by atoms with E-state index in [0.29, 0.717) is 0 Å². The molecule has 0 saturated carbocycles. The SMILES string of the molecule is CC(C#N)Oc1ccc(S(N)(=O)=O)c(Cl)c1Cl. The van der Waals surface area contributed by atoms with Crippen molar-refractivity contribution in [2.24, 2.45) is 5.14 Å². The maximum atomic E-state index is 11.1. The predicted octanol–water partition coefficient (Wildman–Crippen LogP) is 1.93. The second-order valence-electron chi connectivity index (χ2n) is 3.12. The molecule has 2 N–H and O–H groups in total. The van der Waals surface area contributed by atoms with Gasteiger partial charge >= 0.3 is 0 Å². The van der Waals surface area contributed by atoms with Crippen molar-refractivity contribution in [1.29, 1.82) is 5.26 Å². The molecule has 8 heteroatoms. The van der Waals surface area contributed by atoms with Gasteiger partial charge < -0.3 is 4.74 Å². The average molecular weight is 295 g/mol. The molecule has 0 amide bonds. The number of nitrogens with zero attached hydrogens (tertiary/aromatic N) is 1.